The summed E-state index contributed by atoms with van der Waals surface area (Å²) in [6.07, 6.45) is -0.919. The van der Waals surface area contributed by atoms with Gasteiger partial charge in [0, 0.05) is 0 Å². The molecule has 3 atom stereocenters. The van der Waals surface area contributed by atoms with Crippen LogP contribution in [0.2, 0.25) is 10.0 Å². The Morgan fingerprint density at radius 3 is 2.07 bits per heavy atom. The average Bonchev–Trinajstić information content (AvgIpc) is 3.28. The van der Waals surface area contributed by atoms with Gasteiger partial charge in [-0.1, -0.05) is 71.7 Å². The molecule has 2 saturated heterocycles. The first-order valence-corrected chi connectivity index (χ1v) is 10.2. The number of rotatable bonds is 3. The molecule has 0 radical (unpaired) electrons. The van der Waals surface area contributed by atoms with E-state index in [2.05, 4.69) is 0 Å². The number of anilines is 2. The maximum atomic E-state index is 13.5. The van der Waals surface area contributed by atoms with E-state index in [1.807, 2.05) is 60.7 Å². The molecule has 0 saturated carbocycles. The van der Waals surface area contributed by atoms with Gasteiger partial charge in [0.25, 0.3) is 5.91 Å². The van der Waals surface area contributed by atoms with Crippen molar-refractivity contribution in [3.8, 4) is 0 Å². The number of para-hydroxylation sites is 1. The fourth-order valence-electron chi connectivity index (χ4n) is 4.08. The van der Waals surface area contributed by atoms with Crippen LogP contribution in [-0.4, -0.2) is 17.9 Å². The third kappa shape index (κ3) is 2.98. The molecule has 2 aliphatic heterocycles. The molecular formula is C23H16Cl2N2O3. The van der Waals surface area contributed by atoms with E-state index < -0.39 is 24.0 Å². The van der Waals surface area contributed by atoms with Crippen LogP contribution in [0.5, 0.6) is 0 Å². The second-order valence-corrected chi connectivity index (χ2v) is 7.99. The molecule has 0 aliphatic carbocycles. The molecule has 3 aromatic carbocycles. The SMILES string of the molecule is O=C1[C@H]2[C@H](ON(c3ccccc3)[C@H]2c2ccccc2)C(=O)N1c1ccc(Cl)c(Cl)c1. The number of hydroxylamine groups is 1. The highest BCUT2D eigenvalue weighted by Crippen LogP contribution is 2.47. The van der Waals surface area contributed by atoms with Gasteiger partial charge >= 0.3 is 0 Å². The molecule has 5 nitrogen and oxygen atoms in total. The highest BCUT2D eigenvalue weighted by atomic mass is 35.5. The summed E-state index contributed by atoms with van der Waals surface area (Å²) in [6, 6.07) is 23.3. The number of hydrogen-bond acceptors (Lipinski definition) is 4. The van der Waals surface area contributed by atoms with Crippen molar-refractivity contribution in [3.05, 3.63) is 94.5 Å². The van der Waals surface area contributed by atoms with Crippen LogP contribution >= 0.6 is 23.2 Å². The molecule has 0 spiro atoms. The summed E-state index contributed by atoms with van der Waals surface area (Å²) < 4.78 is 0. The lowest BCUT2D eigenvalue weighted by Gasteiger charge is -2.28. The summed E-state index contributed by atoms with van der Waals surface area (Å²) in [6.45, 7) is 0. The van der Waals surface area contributed by atoms with Gasteiger partial charge in [0.2, 0.25) is 5.91 Å². The van der Waals surface area contributed by atoms with Crippen molar-refractivity contribution >= 4 is 46.4 Å². The predicted octanol–water partition coefficient (Wildman–Crippen LogP) is 5.04. The van der Waals surface area contributed by atoms with E-state index in [1.165, 1.54) is 6.07 Å². The minimum atomic E-state index is -0.919. The number of amides is 2. The number of fused-ring (bicyclic) bond motifs is 1. The van der Waals surface area contributed by atoms with Gasteiger partial charge < -0.3 is 0 Å². The highest BCUT2D eigenvalue weighted by Gasteiger charge is 2.60. The first-order chi connectivity index (χ1) is 14.6. The highest BCUT2D eigenvalue weighted by molar-refractivity contribution is 6.42. The molecule has 30 heavy (non-hydrogen) atoms. The Kier molecular flexibility index (Phi) is 4.74. The van der Waals surface area contributed by atoms with Crippen LogP contribution in [0, 0.1) is 5.92 Å². The second kappa shape index (κ2) is 7.43. The smallest absolute Gasteiger partial charge is 0.266 e. The summed E-state index contributed by atoms with van der Waals surface area (Å²) in [7, 11) is 0. The monoisotopic (exact) mass is 438 g/mol. The van der Waals surface area contributed by atoms with Gasteiger partial charge in [-0.15, -0.1) is 0 Å². The zero-order chi connectivity index (χ0) is 20.8. The molecular weight excluding hydrogens is 423 g/mol. The first-order valence-electron chi connectivity index (χ1n) is 9.45. The lowest BCUT2D eigenvalue weighted by atomic mass is 9.90. The number of nitrogens with zero attached hydrogens (tertiary/aromatic N) is 2. The number of imide groups is 1. The minimum absolute atomic E-state index is 0.276. The molecule has 0 unspecified atom stereocenters. The molecule has 2 aliphatic rings. The summed E-state index contributed by atoms with van der Waals surface area (Å²) in [5, 5.41) is 2.30. The van der Waals surface area contributed by atoms with Crippen LogP contribution in [0.4, 0.5) is 11.4 Å². The minimum Gasteiger partial charge on any atom is -0.273 e. The molecule has 2 amide bonds. The zero-order valence-electron chi connectivity index (χ0n) is 15.6. The lowest BCUT2D eigenvalue weighted by molar-refractivity contribution is -0.126. The van der Waals surface area contributed by atoms with Gasteiger partial charge in [-0.3, -0.25) is 14.4 Å². The van der Waals surface area contributed by atoms with Gasteiger partial charge in [0.15, 0.2) is 6.10 Å². The molecule has 5 rings (SSSR count). The Labute approximate surface area is 183 Å². The van der Waals surface area contributed by atoms with E-state index in [4.69, 9.17) is 28.0 Å². The van der Waals surface area contributed by atoms with E-state index in [1.54, 1.807) is 17.2 Å². The van der Waals surface area contributed by atoms with Crippen LogP contribution < -0.4 is 9.96 Å². The normalized spacial score (nSPS) is 23.2. The Morgan fingerprint density at radius 1 is 0.733 bits per heavy atom. The Balaban J connectivity index is 1.58. The van der Waals surface area contributed by atoms with Gasteiger partial charge in [0.05, 0.1) is 27.5 Å². The Bertz CT molecular complexity index is 1120. The van der Waals surface area contributed by atoms with Gasteiger partial charge in [-0.05, 0) is 35.9 Å². The largest absolute Gasteiger partial charge is 0.273 e. The van der Waals surface area contributed by atoms with E-state index in [0.29, 0.717) is 10.7 Å². The molecule has 0 bridgehead atoms. The standard InChI is InChI=1S/C23H16Cl2N2O3/c24-17-12-11-16(13-18(17)25)26-22(28)19-20(14-7-3-1-4-8-14)27(30-21(19)23(26)29)15-9-5-2-6-10-15/h1-13,19-21H/t19-,20+,21+/m1/s1. The molecule has 7 heteroatoms. The van der Waals surface area contributed by atoms with Crippen LogP contribution in [-0.2, 0) is 14.4 Å². The zero-order valence-corrected chi connectivity index (χ0v) is 17.1. The molecule has 0 aromatic heterocycles. The summed E-state index contributed by atoms with van der Waals surface area (Å²) in [4.78, 5) is 33.9. The maximum absolute atomic E-state index is 13.5. The Hall–Kier alpha value is -2.86. The lowest BCUT2D eigenvalue weighted by Crippen LogP contribution is -2.37. The summed E-state index contributed by atoms with van der Waals surface area (Å²) in [5.74, 6) is -1.42. The van der Waals surface area contributed by atoms with Crippen molar-refractivity contribution in [2.45, 2.75) is 12.1 Å². The Morgan fingerprint density at radius 2 is 1.40 bits per heavy atom. The fourth-order valence-corrected chi connectivity index (χ4v) is 4.37. The third-order valence-electron chi connectivity index (χ3n) is 5.43. The van der Waals surface area contributed by atoms with Gasteiger partial charge in [0.1, 0.15) is 5.92 Å². The fraction of sp³-hybridized carbons (Fsp3) is 0.130. The number of benzene rings is 3. The second-order valence-electron chi connectivity index (χ2n) is 7.18. The molecule has 2 fully saturated rings. The summed E-state index contributed by atoms with van der Waals surface area (Å²) >= 11 is 12.1. The van der Waals surface area contributed by atoms with Crippen molar-refractivity contribution in [2.75, 3.05) is 9.96 Å². The summed E-state index contributed by atoms with van der Waals surface area (Å²) in [5.41, 5.74) is 2.06. The van der Waals surface area contributed by atoms with Crippen molar-refractivity contribution in [1.29, 1.82) is 0 Å². The molecule has 0 N–H and O–H groups in total. The third-order valence-corrected chi connectivity index (χ3v) is 6.17. The van der Waals surface area contributed by atoms with Gasteiger partial charge in [-0.25, -0.2) is 9.96 Å². The van der Waals surface area contributed by atoms with E-state index in [0.717, 1.165) is 16.2 Å². The van der Waals surface area contributed by atoms with Crippen molar-refractivity contribution in [3.63, 3.8) is 0 Å². The molecule has 3 aromatic rings. The first kappa shape index (κ1) is 19.1. The molecule has 2 heterocycles. The van der Waals surface area contributed by atoms with E-state index in [9.17, 15) is 9.59 Å². The quantitative estimate of drug-likeness (QED) is 0.537. The number of hydrogen-bond donors (Lipinski definition) is 0. The van der Waals surface area contributed by atoms with Crippen LogP contribution in [0.1, 0.15) is 11.6 Å². The van der Waals surface area contributed by atoms with Crippen molar-refractivity contribution in [1.82, 2.24) is 0 Å². The predicted molar refractivity (Wildman–Crippen MR) is 115 cm³/mol. The number of halogens is 2. The van der Waals surface area contributed by atoms with Gasteiger partial charge in [-0.2, -0.15) is 0 Å². The maximum Gasteiger partial charge on any atom is 0.266 e. The van der Waals surface area contributed by atoms with Crippen LogP contribution in [0.3, 0.4) is 0 Å². The van der Waals surface area contributed by atoms with Crippen molar-refractivity contribution in [2.24, 2.45) is 5.92 Å². The van der Waals surface area contributed by atoms with Crippen molar-refractivity contribution < 1.29 is 14.4 Å². The number of carbonyl (C=O) groups excluding carboxylic acids is 2. The topological polar surface area (TPSA) is 49.9 Å². The van der Waals surface area contributed by atoms with E-state index in [-0.39, 0.29) is 10.9 Å². The molecule has 150 valence electrons. The van der Waals surface area contributed by atoms with E-state index >= 15 is 0 Å². The van der Waals surface area contributed by atoms with Crippen LogP contribution in [0.15, 0.2) is 78.9 Å². The van der Waals surface area contributed by atoms with Crippen LogP contribution in [0.25, 0.3) is 0 Å². The number of carbonyl (C=O) groups is 2. The average molecular weight is 439 g/mol.